The van der Waals surface area contributed by atoms with Crippen LogP contribution in [0.2, 0.25) is 0 Å². The van der Waals surface area contributed by atoms with Crippen molar-refractivity contribution in [3.05, 3.63) is 46.8 Å². The number of aliphatic hydroxyl groups is 1. The Kier molecular flexibility index (Phi) is 4.34. The summed E-state index contributed by atoms with van der Waals surface area (Å²) in [6.45, 7) is 2.85. The van der Waals surface area contributed by atoms with E-state index in [4.69, 9.17) is 0 Å². The predicted octanol–water partition coefficient (Wildman–Crippen LogP) is 3.17. The second-order valence-corrected chi connectivity index (χ2v) is 6.00. The molecule has 0 saturated heterocycles. The van der Waals surface area contributed by atoms with Crippen LogP contribution in [0.3, 0.4) is 0 Å². The Bertz CT molecular complexity index is 600. The average Bonchev–Trinajstić information content (AvgIpc) is 2.93. The van der Waals surface area contributed by atoms with Gasteiger partial charge in [0.25, 0.3) is 0 Å². The van der Waals surface area contributed by atoms with E-state index in [0.717, 1.165) is 17.9 Å². The highest BCUT2D eigenvalue weighted by Crippen LogP contribution is 2.34. The lowest BCUT2D eigenvalue weighted by Crippen LogP contribution is -2.15. The van der Waals surface area contributed by atoms with E-state index in [0.29, 0.717) is 5.92 Å². The van der Waals surface area contributed by atoms with Crippen LogP contribution < -0.4 is 0 Å². The Balaban J connectivity index is 1.91. The first-order valence-electron chi connectivity index (χ1n) is 7.87. The first-order valence-corrected chi connectivity index (χ1v) is 7.87. The summed E-state index contributed by atoms with van der Waals surface area (Å²) in [6.07, 6.45) is 6.24. The molecule has 0 spiro atoms. The van der Waals surface area contributed by atoms with Gasteiger partial charge in [0.1, 0.15) is 5.69 Å². The van der Waals surface area contributed by atoms with Crippen LogP contribution in [0.25, 0.3) is 0 Å². The van der Waals surface area contributed by atoms with Crippen LogP contribution in [0.1, 0.15) is 60.5 Å². The molecule has 1 aliphatic rings. The van der Waals surface area contributed by atoms with Crippen LogP contribution in [0.5, 0.6) is 0 Å². The molecule has 0 unspecified atom stereocenters. The Labute approximate surface area is 125 Å². The van der Waals surface area contributed by atoms with Gasteiger partial charge in [-0.1, -0.05) is 48.7 Å². The van der Waals surface area contributed by atoms with E-state index in [1.807, 2.05) is 4.68 Å². The Hall–Kier alpha value is -1.68. The van der Waals surface area contributed by atoms with Crippen molar-refractivity contribution in [1.82, 2.24) is 15.0 Å². The lowest BCUT2D eigenvalue weighted by molar-refractivity contribution is 0.273. The third-order valence-electron chi connectivity index (χ3n) is 4.57. The molecule has 1 aliphatic carbocycles. The lowest BCUT2D eigenvalue weighted by Gasteiger charge is -2.23. The van der Waals surface area contributed by atoms with Gasteiger partial charge in [0.2, 0.25) is 0 Å². The summed E-state index contributed by atoms with van der Waals surface area (Å²) < 4.78 is 2.00. The molecule has 0 amide bonds. The monoisotopic (exact) mass is 285 g/mol. The first-order chi connectivity index (χ1) is 10.3. The van der Waals surface area contributed by atoms with Gasteiger partial charge in [0.05, 0.1) is 18.8 Å². The zero-order valence-corrected chi connectivity index (χ0v) is 12.6. The van der Waals surface area contributed by atoms with E-state index in [-0.39, 0.29) is 6.61 Å². The molecule has 0 atom stereocenters. The molecular formula is C17H23N3O. The largest absolute Gasteiger partial charge is 0.390 e. The molecule has 21 heavy (non-hydrogen) atoms. The van der Waals surface area contributed by atoms with Gasteiger partial charge in [0.15, 0.2) is 0 Å². The van der Waals surface area contributed by atoms with Crippen molar-refractivity contribution < 1.29 is 5.11 Å². The second-order valence-electron chi connectivity index (χ2n) is 6.00. The normalized spacial score (nSPS) is 16.3. The Morgan fingerprint density at radius 1 is 1.19 bits per heavy atom. The highest BCUT2D eigenvalue weighted by Gasteiger charge is 2.24. The fourth-order valence-corrected chi connectivity index (χ4v) is 3.36. The molecule has 112 valence electrons. The number of rotatable bonds is 4. The highest BCUT2D eigenvalue weighted by molar-refractivity contribution is 5.27. The van der Waals surface area contributed by atoms with Crippen molar-refractivity contribution in [1.29, 1.82) is 0 Å². The minimum absolute atomic E-state index is 0.0143. The van der Waals surface area contributed by atoms with Crippen LogP contribution in [0, 0.1) is 6.92 Å². The quantitative estimate of drug-likeness (QED) is 0.938. The standard InChI is InChI=1S/C17H23N3O/c1-13-7-5-6-10-15(13)11-20-17(16(12-21)18-19-20)14-8-3-2-4-9-14/h5-7,10,14,21H,2-4,8-9,11-12H2,1H3. The second kappa shape index (κ2) is 6.39. The van der Waals surface area contributed by atoms with Gasteiger partial charge in [-0.25, -0.2) is 4.68 Å². The number of hydrogen-bond donors (Lipinski definition) is 1. The third-order valence-corrected chi connectivity index (χ3v) is 4.57. The maximum absolute atomic E-state index is 9.57. The summed E-state index contributed by atoms with van der Waals surface area (Å²) in [5.41, 5.74) is 4.45. The molecule has 4 nitrogen and oxygen atoms in total. The number of benzene rings is 1. The van der Waals surface area contributed by atoms with Crippen LogP contribution >= 0.6 is 0 Å². The van der Waals surface area contributed by atoms with Crippen molar-refractivity contribution in [2.45, 2.75) is 58.1 Å². The number of aliphatic hydroxyl groups excluding tert-OH is 1. The molecular weight excluding hydrogens is 262 g/mol. The van der Waals surface area contributed by atoms with Gasteiger partial charge < -0.3 is 5.11 Å². The van der Waals surface area contributed by atoms with Crippen LogP contribution in [-0.4, -0.2) is 20.1 Å². The fraction of sp³-hybridized carbons (Fsp3) is 0.529. The van der Waals surface area contributed by atoms with E-state index >= 15 is 0 Å². The van der Waals surface area contributed by atoms with E-state index in [9.17, 15) is 5.11 Å². The molecule has 1 fully saturated rings. The van der Waals surface area contributed by atoms with Gasteiger partial charge in [-0.05, 0) is 30.9 Å². The van der Waals surface area contributed by atoms with Crippen molar-refractivity contribution in [3.8, 4) is 0 Å². The topological polar surface area (TPSA) is 50.9 Å². The molecule has 1 aromatic carbocycles. The van der Waals surface area contributed by atoms with E-state index in [1.165, 1.54) is 43.2 Å². The third kappa shape index (κ3) is 3.00. The van der Waals surface area contributed by atoms with E-state index < -0.39 is 0 Å². The Morgan fingerprint density at radius 2 is 1.95 bits per heavy atom. The summed E-state index contributed by atoms with van der Waals surface area (Å²) in [7, 11) is 0. The molecule has 4 heteroatoms. The van der Waals surface area contributed by atoms with Crippen molar-refractivity contribution in [2.75, 3.05) is 0 Å². The predicted molar refractivity (Wildman–Crippen MR) is 82.1 cm³/mol. The fourth-order valence-electron chi connectivity index (χ4n) is 3.36. The van der Waals surface area contributed by atoms with Gasteiger partial charge in [-0.2, -0.15) is 0 Å². The highest BCUT2D eigenvalue weighted by atomic mass is 16.3. The maximum Gasteiger partial charge on any atom is 0.112 e. The molecule has 3 rings (SSSR count). The average molecular weight is 285 g/mol. The minimum Gasteiger partial charge on any atom is -0.390 e. The number of aromatic nitrogens is 3. The molecule has 1 heterocycles. The smallest absolute Gasteiger partial charge is 0.112 e. The molecule has 0 bridgehead atoms. The number of aryl methyl sites for hydroxylation is 1. The SMILES string of the molecule is Cc1ccccc1Cn1nnc(CO)c1C1CCCCC1. The molecule has 1 aromatic heterocycles. The van der Waals surface area contributed by atoms with Crippen LogP contribution in [0.15, 0.2) is 24.3 Å². The van der Waals surface area contributed by atoms with Crippen LogP contribution in [0.4, 0.5) is 0 Å². The van der Waals surface area contributed by atoms with Gasteiger partial charge >= 0.3 is 0 Å². The van der Waals surface area contributed by atoms with Crippen molar-refractivity contribution in [2.24, 2.45) is 0 Å². The van der Waals surface area contributed by atoms with E-state index in [1.54, 1.807) is 0 Å². The summed E-state index contributed by atoms with van der Waals surface area (Å²) in [5.74, 6) is 0.500. The summed E-state index contributed by atoms with van der Waals surface area (Å²) in [5, 5.41) is 18.1. The Morgan fingerprint density at radius 3 is 2.67 bits per heavy atom. The maximum atomic E-state index is 9.57. The van der Waals surface area contributed by atoms with Gasteiger partial charge in [0, 0.05) is 5.92 Å². The first kappa shape index (κ1) is 14.3. The van der Waals surface area contributed by atoms with Crippen molar-refractivity contribution in [3.63, 3.8) is 0 Å². The number of nitrogens with zero attached hydrogens (tertiary/aromatic N) is 3. The summed E-state index contributed by atoms with van der Waals surface area (Å²) >= 11 is 0. The lowest BCUT2D eigenvalue weighted by atomic mass is 9.86. The molecule has 1 N–H and O–H groups in total. The van der Waals surface area contributed by atoms with Gasteiger partial charge in [-0.3, -0.25) is 0 Å². The summed E-state index contributed by atoms with van der Waals surface area (Å²) in [4.78, 5) is 0. The molecule has 2 aromatic rings. The molecule has 0 aliphatic heterocycles. The number of hydrogen-bond acceptors (Lipinski definition) is 3. The zero-order valence-electron chi connectivity index (χ0n) is 12.6. The zero-order chi connectivity index (χ0) is 14.7. The molecule has 0 radical (unpaired) electrons. The van der Waals surface area contributed by atoms with Crippen molar-refractivity contribution >= 4 is 0 Å². The van der Waals surface area contributed by atoms with Gasteiger partial charge in [-0.15, -0.1) is 5.10 Å². The summed E-state index contributed by atoms with van der Waals surface area (Å²) in [6, 6.07) is 8.38. The minimum atomic E-state index is -0.0143. The van der Waals surface area contributed by atoms with Crippen LogP contribution in [-0.2, 0) is 13.2 Å². The van der Waals surface area contributed by atoms with E-state index in [2.05, 4.69) is 41.5 Å². The molecule has 1 saturated carbocycles.